The molecule has 52 valence electrons. The first-order chi connectivity index (χ1) is 4.30. The highest BCUT2D eigenvalue weighted by Gasteiger charge is 2.18. The van der Waals surface area contributed by atoms with Crippen molar-refractivity contribution in [1.82, 2.24) is 10.9 Å². The molecule has 0 amide bonds. The van der Waals surface area contributed by atoms with Crippen molar-refractivity contribution in [2.45, 2.75) is 18.9 Å². The van der Waals surface area contributed by atoms with E-state index in [2.05, 4.69) is 10.9 Å². The maximum Gasteiger partial charge on any atom is 0.322 e. The van der Waals surface area contributed by atoms with Crippen molar-refractivity contribution >= 4 is 5.97 Å². The molecular formula is C5H10N2O2. The van der Waals surface area contributed by atoms with Gasteiger partial charge in [0.2, 0.25) is 0 Å². The second kappa shape index (κ2) is 2.80. The van der Waals surface area contributed by atoms with Crippen LogP contribution in [-0.4, -0.2) is 23.7 Å². The lowest BCUT2D eigenvalue weighted by molar-refractivity contribution is -0.140. The van der Waals surface area contributed by atoms with Crippen LogP contribution in [0.2, 0.25) is 0 Å². The van der Waals surface area contributed by atoms with Crippen molar-refractivity contribution in [2.75, 3.05) is 6.54 Å². The Morgan fingerprint density at radius 1 is 1.67 bits per heavy atom. The van der Waals surface area contributed by atoms with Gasteiger partial charge in [0.25, 0.3) is 0 Å². The molecule has 1 aliphatic heterocycles. The van der Waals surface area contributed by atoms with Crippen molar-refractivity contribution in [3.8, 4) is 0 Å². The summed E-state index contributed by atoms with van der Waals surface area (Å²) in [4.78, 5) is 10.3. The fourth-order valence-corrected chi connectivity index (χ4v) is 0.847. The SMILES string of the molecule is O=C(O)[C@H]1CCCNN1. The lowest BCUT2D eigenvalue weighted by atomic mass is 10.1. The number of carbonyl (C=O) groups is 1. The van der Waals surface area contributed by atoms with Crippen molar-refractivity contribution in [3.63, 3.8) is 0 Å². The van der Waals surface area contributed by atoms with E-state index in [1.54, 1.807) is 0 Å². The summed E-state index contributed by atoms with van der Waals surface area (Å²) in [5.41, 5.74) is 5.45. The number of nitrogens with one attached hydrogen (secondary N) is 2. The molecule has 0 aromatic carbocycles. The number of hydrazine groups is 1. The predicted octanol–water partition coefficient (Wildman–Crippen LogP) is -0.672. The van der Waals surface area contributed by atoms with Gasteiger partial charge in [-0.05, 0) is 12.8 Å². The number of aliphatic carboxylic acids is 1. The number of hydrogen-bond acceptors (Lipinski definition) is 3. The van der Waals surface area contributed by atoms with Gasteiger partial charge in [-0.1, -0.05) is 0 Å². The fourth-order valence-electron chi connectivity index (χ4n) is 0.847. The normalized spacial score (nSPS) is 27.8. The van der Waals surface area contributed by atoms with Gasteiger partial charge in [0.15, 0.2) is 0 Å². The second-order valence-corrected chi connectivity index (χ2v) is 2.10. The highest BCUT2D eigenvalue weighted by molar-refractivity contribution is 5.73. The third-order valence-electron chi connectivity index (χ3n) is 1.37. The van der Waals surface area contributed by atoms with E-state index >= 15 is 0 Å². The lowest BCUT2D eigenvalue weighted by Crippen LogP contribution is -2.49. The zero-order valence-electron chi connectivity index (χ0n) is 5.05. The summed E-state index contributed by atoms with van der Waals surface area (Å²) in [7, 11) is 0. The largest absolute Gasteiger partial charge is 0.480 e. The smallest absolute Gasteiger partial charge is 0.322 e. The summed E-state index contributed by atoms with van der Waals surface area (Å²) < 4.78 is 0. The molecule has 0 aromatic rings. The first kappa shape index (κ1) is 6.51. The van der Waals surface area contributed by atoms with Crippen molar-refractivity contribution < 1.29 is 9.90 Å². The van der Waals surface area contributed by atoms with E-state index < -0.39 is 12.0 Å². The monoisotopic (exact) mass is 130 g/mol. The highest BCUT2D eigenvalue weighted by Crippen LogP contribution is 1.98. The van der Waals surface area contributed by atoms with Gasteiger partial charge in [-0.2, -0.15) is 0 Å². The van der Waals surface area contributed by atoms with E-state index in [0.717, 1.165) is 19.4 Å². The van der Waals surface area contributed by atoms with Gasteiger partial charge in [0, 0.05) is 6.54 Å². The Morgan fingerprint density at radius 3 is 2.78 bits per heavy atom. The first-order valence-electron chi connectivity index (χ1n) is 3.02. The standard InChI is InChI=1S/C5H10N2O2/c8-5(9)4-2-1-3-6-7-4/h4,6-7H,1-3H2,(H,8,9)/t4-/m1/s1. The number of rotatable bonds is 1. The maximum atomic E-state index is 10.3. The zero-order chi connectivity index (χ0) is 6.69. The van der Waals surface area contributed by atoms with Gasteiger partial charge in [0.1, 0.15) is 6.04 Å². The highest BCUT2D eigenvalue weighted by atomic mass is 16.4. The van der Waals surface area contributed by atoms with Crippen molar-refractivity contribution in [2.24, 2.45) is 0 Å². The average Bonchev–Trinajstić information content (AvgIpc) is 1.90. The lowest BCUT2D eigenvalue weighted by Gasteiger charge is -2.19. The molecule has 1 aliphatic rings. The van der Waals surface area contributed by atoms with Gasteiger partial charge < -0.3 is 5.11 Å². The molecule has 0 aliphatic carbocycles. The molecule has 1 fully saturated rings. The Balaban J connectivity index is 2.31. The van der Waals surface area contributed by atoms with Crippen LogP contribution in [0, 0.1) is 0 Å². The molecule has 4 heteroatoms. The second-order valence-electron chi connectivity index (χ2n) is 2.10. The van der Waals surface area contributed by atoms with Crippen LogP contribution in [0.25, 0.3) is 0 Å². The quantitative estimate of drug-likeness (QED) is 0.440. The van der Waals surface area contributed by atoms with Crippen LogP contribution < -0.4 is 10.9 Å². The van der Waals surface area contributed by atoms with Crippen LogP contribution in [0.15, 0.2) is 0 Å². The molecule has 0 unspecified atom stereocenters. The minimum atomic E-state index is -0.776. The minimum absolute atomic E-state index is 0.390. The summed E-state index contributed by atoms with van der Waals surface area (Å²) in [6, 6.07) is -0.390. The van der Waals surface area contributed by atoms with Gasteiger partial charge in [-0.15, -0.1) is 0 Å². The van der Waals surface area contributed by atoms with Crippen LogP contribution in [0.4, 0.5) is 0 Å². The number of carboxylic acids is 1. The summed E-state index contributed by atoms with van der Waals surface area (Å²) in [6.45, 7) is 0.865. The van der Waals surface area contributed by atoms with E-state index in [1.807, 2.05) is 0 Å². The Bertz CT molecular complexity index is 110. The van der Waals surface area contributed by atoms with Crippen molar-refractivity contribution in [1.29, 1.82) is 0 Å². The molecule has 9 heavy (non-hydrogen) atoms. The molecule has 0 saturated carbocycles. The first-order valence-corrected chi connectivity index (χ1v) is 3.02. The van der Waals surface area contributed by atoms with E-state index in [9.17, 15) is 4.79 Å². The van der Waals surface area contributed by atoms with E-state index in [-0.39, 0.29) is 0 Å². The Morgan fingerprint density at radius 2 is 2.44 bits per heavy atom. The molecule has 4 nitrogen and oxygen atoms in total. The summed E-state index contributed by atoms with van der Waals surface area (Å²) in [5.74, 6) is -0.776. The van der Waals surface area contributed by atoms with E-state index in [0.29, 0.717) is 0 Å². The fraction of sp³-hybridized carbons (Fsp3) is 0.800. The number of carboxylic acid groups (broad SMARTS) is 1. The zero-order valence-corrected chi connectivity index (χ0v) is 5.05. The van der Waals surface area contributed by atoms with Gasteiger partial charge in [0.05, 0.1) is 0 Å². The van der Waals surface area contributed by atoms with Crippen LogP contribution in [0.1, 0.15) is 12.8 Å². The number of hydrogen-bond donors (Lipinski definition) is 3. The summed E-state index contributed by atoms with van der Waals surface area (Å²) in [6.07, 6.45) is 1.66. The van der Waals surface area contributed by atoms with Crippen LogP contribution in [-0.2, 0) is 4.79 Å². The molecule has 1 saturated heterocycles. The molecule has 0 bridgehead atoms. The molecule has 0 spiro atoms. The van der Waals surface area contributed by atoms with Gasteiger partial charge in [-0.3, -0.25) is 10.2 Å². The summed E-state index contributed by atoms with van der Waals surface area (Å²) in [5, 5.41) is 8.44. The molecule has 1 atom stereocenters. The molecule has 1 rings (SSSR count). The molecule has 3 N–H and O–H groups in total. The molecular weight excluding hydrogens is 120 g/mol. The third kappa shape index (κ3) is 1.65. The van der Waals surface area contributed by atoms with E-state index in [1.165, 1.54) is 0 Å². The van der Waals surface area contributed by atoms with Crippen LogP contribution >= 0.6 is 0 Å². The molecule has 1 heterocycles. The van der Waals surface area contributed by atoms with Crippen LogP contribution in [0.3, 0.4) is 0 Å². The van der Waals surface area contributed by atoms with Gasteiger partial charge >= 0.3 is 5.97 Å². The van der Waals surface area contributed by atoms with Crippen LogP contribution in [0.5, 0.6) is 0 Å². The summed E-state index contributed by atoms with van der Waals surface area (Å²) >= 11 is 0. The Hall–Kier alpha value is -0.610. The minimum Gasteiger partial charge on any atom is -0.480 e. The third-order valence-corrected chi connectivity index (χ3v) is 1.37. The van der Waals surface area contributed by atoms with Crippen molar-refractivity contribution in [3.05, 3.63) is 0 Å². The molecule has 0 radical (unpaired) electrons. The topological polar surface area (TPSA) is 61.4 Å². The van der Waals surface area contributed by atoms with Gasteiger partial charge in [-0.25, -0.2) is 5.43 Å². The molecule has 0 aromatic heterocycles. The van der Waals surface area contributed by atoms with E-state index in [4.69, 9.17) is 5.11 Å². The maximum absolute atomic E-state index is 10.3. The Kier molecular flexibility index (Phi) is 2.02. The average molecular weight is 130 g/mol. The predicted molar refractivity (Wildman–Crippen MR) is 31.8 cm³/mol. The Labute approximate surface area is 53.2 Å².